The van der Waals surface area contributed by atoms with Crippen molar-refractivity contribution >= 4 is 11.6 Å². The Balaban J connectivity index is 1.35. The van der Waals surface area contributed by atoms with Crippen LogP contribution < -0.4 is 5.32 Å². The standard InChI is InChI=1S/C28H40N4O2/c1-16(2)9-19-11-21(12-19)27-30-31-28(32(27)22-6-7-22)24(20-13-23(33)14-20)15-26(34)29-25-8-5-17(3)10-18(25)4/h5,8,10,16,19-24,33H,6-7,9,11-15H2,1-4H3,(H,29,34)/t19-,20-,21+,23-,24-/m0/s1. The molecule has 3 fully saturated rings. The van der Waals surface area contributed by atoms with Crippen molar-refractivity contribution in [2.24, 2.45) is 17.8 Å². The molecule has 1 aromatic carbocycles. The third-order valence-electron chi connectivity index (χ3n) is 8.18. The maximum absolute atomic E-state index is 13.2. The Labute approximate surface area is 203 Å². The maximum Gasteiger partial charge on any atom is 0.225 e. The number of rotatable bonds is 9. The fourth-order valence-electron chi connectivity index (χ4n) is 6.14. The van der Waals surface area contributed by atoms with E-state index in [4.69, 9.17) is 10.2 Å². The zero-order valence-corrected chi connectivity index (χ0v) is 21.1. The summed E-state index contributed by atoms with van der Waals surface area (Å²) >= 11 is 0. The van der Waals surface area contributed by atoms with Gasteiger partial charge in [-0.2, -0.15) is 0 Å². The normalized spacial score (nSPS) is 27.2. The predicted octanol–water partition coefficient (Wildman–Crippen LogP) is 5.65. The molecule has 0 radical (unpaired) electrons. The number of aromatic nitrogens is 3. The SMILES string of the molecule is Cc1ccc(NC(=O)C[C@H](c2nnc([C@H]3C[C@@H](CC(C)C)C3)n2C2CC2)[C@H]2C[C@H](O)C2)c(C)c1. The van der Waals surface area contributed by atoms with Crippen LogP contribution >= 0.6 is 0 Å². The number of aryl methyl sites for hydroxylation is 2. The Morgan fingerprint density at radius 3 is 2.50 bits per heavy atom. The summed E-state index contributed by atoms with van der Waals surface area (Å²) in [5.74, 6) is 4.49. The number of carbonyl (C=O) groups excluding carboxylic acids is 1. The summed E-state index contributed by atoms with van der Waals surface area (Å²) in [7, 11) is 0. The monoisotopic (exact) mass is 464 g/mol. The van der Waals surface area contributed by atoms with E-state index in [-0.39, 0.29) is 23.8 Å². The Kier molecular flexibility index (Phi) is 6.54. The van der Waals surface area contributed by atoms with Gasteiger partial charge in [-0.1, -0.05) is 31.5 Å². The lowest BCUT2D eigenvalue weighted by Crippen LogP contribution is -2.36. The summed E-state index contributed by atoms with van der Waals surface area (Å²) in [5.41, 5.74) is 3.14. The Bertz CT molecular complexity index is 1030. The van der Waals surface area contributed by atoms with Gasteiger partial charge in [0.1, 0.15) is 11.6 Å². The van der Waals surface area contributed by atoms with Crippen LogP contribution in [0.5, 0.6) is 0 Å². The molecule has 0 bridgehead atoms. The fraction of sp³-hybridized carbons (Fsp3) is 0.679. The molecule has 2 N–H and O–H groups in total. The lowest BCUT2D eigenvalue weighted by atomic mass is 9.70. The molecule has 3 aliphatic carbocycles. The summed E-state index contributed by atoms with van der Waals surface area (Å²) in [6.45, 7) is 8.70. The molecule has 1 atom stereocenters. The van der Waals surface area contributed by atoms with Crippen molar-refractivity contribution in [3.8, 4) is 0 Å². The van der Waals surface area contributed by atoms with Gasteiger partial charge in [-0.3, -0.25) is 4.79 Å². The summed E-state index contributed by atoms with van der Waals surface area (Å²) in [5, 5.41) is 22.6. The van der Waals surface area contributed by atoms with Gasteiger partial charge in [0.25, 0.3) is 0 Å². The zero-order chi connectivity index (χ0) is 24.0. The fourth-order valence-corrected chi connectivity index (χ4v) is 6.14. The van der Waals surface area contributed by atoms with E-state index in [1.807, 2.05) is 19.1 Å². The van der Waals surface area contributed by atoms with Crippen molar-refractivity contribution in [3.05, 3.63) is 41.0 Å². The highest BCUT2D eigenvalue weighted by Gasteiger charge is 2.43. The van der Waals surface area contributed by atoms with Gasteiger partial charge < -0.3 is 15.0 Å². The molecule has 34 heavy (non-hydrogen) atoms. The number of hydrogen-bond donors (Lipinski definition) is 2. The van der Waals surface area contributed by atoms with E-state index in [2.05, 4.69) is 36.7 Å². The van der Waals surface area contributed by atoms with Gasteiger partial charge >= 0.3 is 0 Å². The van der Waals surface area contributed by atoms with Gasteiger partial charge in [0.05, 0.1) is 6.10 Å². The molecule has 5 rings (SSSR count). The van der Waals surface area contributed by atoms with E-state index < -0.39 is 0 Å². The third kappa shape index (κ3) is 4.93. The van der Waals surface area contributed by atoms with E-state index in [0.29, 0.717) is 18.4 Å². The van der Waals surface area contributed by atoms with Crippen LogP contribution in [0.1, 0.15) is 106 Å². The average molecular weight is 465 g/mol. The van der Waals surface area contributed by atoms with Crippen molar-refractivity contribution < 1.29 is 9.90 Å². The van der Waals surface area contributed by atoms with Crippen LogP contribution in [0.3, 0.4) is 0 Å². The largest absolute Gasteiger partial charge is 0.393 e. The summed E-state index contributed by atoms with van der Waals surface area (Å²) in [6.07, 6.45) is 7.69. The molecule has 2 aromatic rings. The highest BCUT2D eigenvalue weighted by Crippen LogP contribution is 2.49. The molecule has 0 aliphatic heterocycles. The van der Waals surface area contributed by atoms with Gasteiger partial charge in [0.15, 0.2) is 0 Å². The van der Waals surface area contributed by atoms with Crippen LogP contribution in [0.15, 0.2) is 18.2 Å². The summed E-state index contributed by atoms with van der Waals surface area (Å²) in [6, 6.07) is 6.60. The van der Waals surface area contributed by atoms with Crippen LogP contribution in [0.4, 0.5) is 5.69 Å². The molecule has 0 spiro atoms. The Morgan fingerprint density at radius 1 is 1.15 bits per heavy atom. The number of benzene rings is 1. The van der Waals surface area contributed by atoms with Crippen molar-refractivity contribution in [2.45, 2.75) is 103 Å². The Hall–Kier alpha value is -2.21. The predicted molar refractivity (Wildman–Crippen MR) is 134 cm³/mol. The number of carbonyl (C=O) groups is 1. The maximum atomic E-state index is 13.2. The van der Waals surface area contributed by atoms with E-state index in [1.165, 1.54) is 37.7 Å². The summed E-state index contributed by atoms with van der Waals surface area (Å²) < 4.78 is 2.41. The zero-order valence-electron chi connectivity index (χ0n) is 21.1. The van der Waals surface area contributed by atoms with E-state index in [1.54, 1.807) is 0 Å². The first-order valence-electron chi connectivity index (χ1n) is 13.3. The number of nitrogens with zero attached hydrogens (tertiary/aromatic N) is 3. The lowest BCUT2D eigenvalue weighted by molar-refractivity contribution is -0.117. The first kappa shape index (κ1) is 23.5. The lowest BCUT2D eigenvalue weighted by Gasteiger charge is -2.38. The third-order valence-corrected chi connectivity index (χ3v) is 8.18. The quantitative estimate of drug-likeness (QED) is 0.502. The first-order chi connectivity index (χ1) is 16.3. The van der Waals surface area contributed by atoms with Crippen molar-refractivity contribution in [3.63, 3.8) is 0 Å². The smallest absolute Gasteiger partial charge is 0.225 e. The molecular weight excluding hydrogens is 424 g/mol. The van der Waals surface area contributed by atoms with Gasteiger partial charge in [0.2, 0.25) is 5.91 Å². The highest BCUT2D eigenvalue weighted by molar-refractivity contribution is 5.92. The number of anilines is 1. The minimum absolute atomic E-state index is 0.00235. The minimum Gasteiger partial charge on any atom is -0.393 e. The van der Waals surface area contributed by atoms with Crippen molar-refractivity contribution in [1.29, 1.82) is 0 Å². The second kappa shape index (κ2) is 9.44. The van der Waals surface area contributed by atoms with Gasteiger partial charge in [-0.25, -0.2) is 0 Å². The van der Waals surface area contributed by atoms with Crippen molar-refractivity contribution in [2.75, 3.05) is 5.32 Å². The van der Waals surface area contributed by atoms with Crippen LogP contribution in [0.2, 0.25) is 0 Å². The topological polar surface area (TPSA) is 80.0 Å². The molecule has 0 unspecified atom stereocenters. The van der Waals surface area contributed by atoms with Crippen LogP contribution in [-0.4, -0.2) is 31.9 Å². The van der Waals surface area contributed by atoms with Gasteiger partial charge in [-0.15, -0.1) is 10.2 Å². The Morgan fingerprint density at radius 2 is 1.88 bits per heavy atom. The van der Waals surface area contributed by atoms with Crippen LogP contribution in [-0.2, 0) is 4.79 Å². The van der Waals surface area contributed by atoms with Gasteiger partial charge in [0, 0.05) is 30.0 Å². The number of amides is 1. The van der Waals surface area contributed by atoms with Gasteiger partial charge in [-0.05, 0) is 88.2 Å². The molecule has 0 saturated heterocycles. The molecular formula is C28H40N4O2. The molecule has 1 aromatic heterocycles. The molecule has 6 heteroatoms. The first-order valence-corrected chi connectivity index (χ1v) is 13.3. The molecule has 3 aliphatic rings. The molecule has 1 amide bonds. The van der Waals surface area contributed by atoms with E-state index in [0.717, 1.165) is 47.6 Å². The number of aliphatic hydroxyl groups is 1. The molecule has 184 valence electrons. The van der Waals surface area contributed by atoms with E-state index in [9.17, 15) is 9.90 Å². The van der Waals surface area contributed by atoms with E-state index >= 15 is 0 Å². The minimum atomic E-state index is -0.255. The second-order valence-electron chi connectivity index (χ2n) is 11.7. The highest BCUT2D eigenvalue weighted by atomic mass is 16.3. The molecule has 1 heterocycles. The summed E-state index contributed by atoms with van der Waals surface area (Å²) in [4.78, 5) is 13.2. The average Bonchev–Trinajstić information content (AvgIpc) is 3.47. The van der Waals surface area contributed by atoms with Crippen molar-refractivity contribution in [1.82, 2.24) is 14.8 Å². The number of aliphatic hydroxyl groups excluding tert-OH is 1. The molecule has 6 nitrogen and oxygen atoms in total. The van der Waals surface area contributed by atoms with Crippen LogP contribution in [0, 0.1) is 31.6 Å². The second-order valence-corrected chi connectivity index (χ2v) is 11.7. The number of hydrogen-bond acceptors (Lipinski definition) is 4. The van der Waals surface area contributed by atoms with Crippen LogP contribution in [0.25, 0.3) is 0 Å². The molecule has 3 saturated carbocycles. The number of nitrogens with one attached hydrogen (secondary N) is 1.